The number of hydrogen-bond acceptors (Lipinski definition) is 1. The largest absolute Gasteiger partial charge is 0.317 e. The van der Waals surface area contributed by atoms with Crippen LogP contribution in [0.15, 0.2) is 66.7 Å². The third-order valence-corrected chi connectivity index (χ3v) is 4.28. The van der Waals surface area contributed by atoms with Crippen LogP contribution in [0.2, 0.25) is 0 Å². The number of aryl methyl sites for hydroxylation is 1. The summed E-state index contributed by atoms with van der Waals surface area (Å²) in [6, 6.07) is 16.9. The van der Waals surface area contributed by atoms with Crippen LogP contribution in [0.5, 0.6) is 0 Å². The minimum atomic E-state index is -1.43. The monoisotopic (exact) mass is 369 g/mol. The molecule has 3 aromatic carbocycles. The zero-order valence-electron chi connectivity index (χ0n) is 14.7. The van der Waals surface area contributed by atoms with Crippen LogP contribution >= 0.6 is 0 Å². The first-order valence-electron chi connectivity index (χ1n) is 8.49. The van der Waals surface area contributed by atoms with Gasteiger partial charge in [0.2, 0.25) is 0 Å². The van der Waals surface area contributed by atoms with Gasteiger partial charge in [0, 0.05) is 12.0 Å². The number of rotatable bonds is 5. The summed E-state index contributed by atoms with van der Waals surface area (Å²) in [7, 11) is 0. The Labute approximate surface area is 155 Å². The molecule has 138 valence electrons. The number of carbonyl (C=O) groups is 1. The average Bonchev–Trinajstić information content (AvgIpc) is 2.66. The topological polar surface area (TPSA) is 29.1 Å². The van der Waals surface area contributed by atoms with Crippen molar-refractivity contribution in [3.8, 4) is 0 Å². The maximum Gasteiger partial charge on any atom is 0.256 e. The molecule has 27 heavy (non-hydrogen) atoms. The van der Waals surface area contributed by atoms with E-state index in [0.29, 0.717) is 0 Å². The van der Waals surface area contributed by atoms with Gasteiger partial charge >= 0.3 is 0 Å². The number of hydrogen-bond donors (Lipinski definition) is 1. The smallest absolute Gasteiger partial charge is 0.256 e. The van der Waals surface area contributed by atoms with Crippen molar-refractivity contribution in [3.05, 3.63) is 101 Å². The molecule has 0 radical (unpaired) electrons. The fourth-order valence-electron chi connectivity index (χ4n) is 2.82. The van der Waals surface area contributed by atoms with Gasteiger partial charge in [-0.25, -0.2) is 13.2 Å². The number of nitrogens with one attached hydrogen (secondary N) is 1. The first kappa shape index (κ1) is 18.7. The van der Waals surface area contributed by atoms with E-state index in [1.165, 1.54) is 18.2 Å². The fourth-order valence-corrected chi connectivity index (χ4v) is 2.82. The van der Waals surface area contributed by atoms with Crippen LogP contribution in [0.3, 0.4) is 0 Å². The second kappa shape index (κ2) is 8.08. The van der Waals surface area contributed by atoms with Gasteiger partial charge < -0.3 is 5.32 Å². The van der Waals surface area contributed by atoms with Crippen molar-refractivity contribution < 1.29 is 18.0 Å². The number of amides is 1. The van der Waals surface area contributed by atoms with Crippen LogP contribution in [-0.4, -0.2) is 5.91 Å². The molecule has 1 atom stereocenters. The Morgan fingerprint density at radius 2 is 1.56 bits per heavy atom. The van der Waals surface area contributed by atoms with E-state index >= 15 is 0 Å². The summed E-state index contributed by atoms with van der Waals surface area (Å²) < 4.78 is 42.5. The maximum atomic E-state index is 14.9. The van der Waals surface area contributed by atoms with Gasteiger partial charge in [0.25, 0.3) is 5.91 Å². The molecule has 1 amide bonds. The lowest BCUT2D eigenvalue weighted by molar-refractivity contribution is 0.102. The van der Waals surface area contributed by atoms with Gasteiger partial charge in [-0.15, -0.1) is 0 Å². The minimum absolute atomic E-state index is 0.0414. The van der Waals surface area contributed by atoms with Crippen molar-refractivity contribution in [1.82, 2.24) is 0 Å². The molecule has 0 saturated carbocycles. The summed E-state index contributed by atoms with van der Waals surface area (Å²) >= 11 is 0. The SMILES string of the molecule is Cc1ccc(C[C@@H](F)c2ccccc2C(=O)Nc2c(F)cccc2F)cc1. The highest BCUT2D eigenvalue weighted by Gasteiger charge is 2.21. The Morgan fingerprint density at radius 3 is 2.22 bits per heavy atom. The lowest BCUT2D eigenvalue weighted by Crippen LogP contribution is -2.17. The van der Waals surface area contributed by atoms with Gasteiger partial charge in [0.15, 0.2) is 0 Å². The van der Waals surface area contributed by atoms with Crippen LogP contribution in [-0.2, 0) is 6.42 Å². The third kappa shape index (κ3) is 4.37. The number of halogens is 3. The molecule has 0 bridgehead atoms. The van der Waals surface area contributed by atoms with E-state index in [4.69, 9.17) is 0 Å². The molecule has 0 saturated heterocycles. The van der Waals surface area contributed by atoms with E-state index in [9.17, 15) is 18.0 Å². The molecule has 0 aliphatic carbocycles. The Kier molecular flexibility index (Phi) is 5.60. The summed E-state index contributed by atoms with van der Waals surface area (Å²) in [4.78, 5) is 12.5. The Balaban J connectivity index is 1.84. The number of anilines is 1. The van der Waals surface area contributed by atoms with Gasteiger partial charge in [-0.3, -0.25) is 4.79 Å². The molecule has 0 fully saturated rings. The highest BCUT2D eigenvalue weighted by atomic mass is 19.1. The van der Waals surface area contributed by atoms with Crippen molar-refractivity contribution >= 4 is 11.6 Å². The summed E-state index contributed by atoms with van der Waals surface area (Å²) in [6.45, 7) is 1.94. The molecular weight excluding hydrogens is 351 g/mol. The minimum Gasteiger partial charge on any atom is -0.317 e. The Morgan fingerprint density at radius 1 is 0.926 bits per heavy atom. The van der Waals surface area contributed by atoms with Crippen LogP contribution in [0.4, 0.5) is 18.9 Å². The molecular formula is C22H18F3NO. The Hall–Kier alpha value is -3.08. The molecule has 0 heterocycles. The molecule has 0 aromatic heterocycles. The molecule has 2 nitrogen and oxygen atoms in total. The standard InChI is InChI=1S/C22H18F3NO/c1-14-9-11-15(12-10-14)13-20(25)16-5-2-3-6-17(16)22(27)26-21-18(23)7-4-8-19(21)24/h2-12,20H,13H2,1H3,(H,26,27)/t20-/m1/s1. The summed E-state index contributed by atoms with van der Waals surface area (Å²) in [5, 5.41) is 2.21. The van der Waals surface area contributed by atoms with Gasteiger partial charge in [-0.2, -0.15) is 0 Å². The fraction of sp³-hybridized carbons (Fsp3) is 0.136. The first-order chi connectivity index (χ1) is 13.0. The lowest BCUT2D eigenvalue weighted by atomic mass is 9.97. The number of alkyl halides is 1. The van der Waals surface area contributed by atoms with Gasteiger partial charge in [0.1, 0.15) is 23.5 Å². The summed E-state index contributed by atoms with van der Waals surface area (Å²) in [6.07, 6.45) is -1.33. The molecule has 0 aliphatic rings. The van der Waals surface area contributed by atoms with E-state index in [1.807, 2.05) is 31.2 Å². The van der Waals surface area contributed by atoms with Crippen molar-refractivity contribution in [2.75, 3.05) is 5.32 Å². The van der Waals surface area contributed by atoms with Gasteiger partial charge in [0.05, 0.1) is 0 Å². The van der Waals surface area contributed by atoms with E-state index in [-0.39, 0.29) is 17.5 Å². The van der Waals surface area contributed by atoms with E-state index in [0.717, 1.165) is 23.3 Å². The van der Waals surface area contributed by atoms with E-state index < -0.39 is 29.4 Å². The lowest BCUT2D eigenvalue weighted by Gasteiger charge is -2.14. The molecule has 3 rings (SSSR count). The second-order valence-corrected chi connectivity index (χ2v) is 6.30. The summed E-state index contributed by atoms with van der Waals surface area (Å²) in [5.74, 6) is -2.55. The molecule has 0 aliphatic heterocycles. The zero-order chi connectivity index (χ0) is 19.4. The van der Waals surface area contributed by atoms with Gasteiger partial charge in [-0.1, -0.05) is 54.1 Å². The van der Waals surface area contributed by atoms with Crippen LogP contribution in [0.1, 0.15) is 33.2 Å². The van der Waals surface area contributed by atoms with E-state index in [2.05, 4.69) is 5.32 Å². The van der Waals surface area contributed by atoms with Crippen LogP contribution < -0.4 is 5.32 Å². The van der Waals surface area contributed by atoms with Crippen molar-refractivity contribution in [2.24, 2.45) is 0 Å². The van der Waals surface area contributed by atoms with Crippen molar-refractivity contribution in [3.63, 3.8) is 0 Å². The maximum absolute atomic E-state index is 14.9. The predicted molar refractivity (Wildman–Crippen MR) is 99.5 cm³/mol. The third-order valence-electron chi connectivity index (χ3n) is 4.28. The normalized spacial score (nSPS) is 11.9. The van der Waals surface area contributed by atoms with Crippen LogP contribution in [0, 0.1) is 18.6 Å². The number of benzene rings is 3. The number of carbonyl (C=O) groups excluding carboxylic acids is 1. The van der Waals surface area contributed by atoms with Crippen LogP contribution in [0.25, 0.3) is 0 Å². The molecule has 1 N–H and O–H groups in total. The first-order valence-corrected chi connectivity index (χ1v) is 8.49. The zero-order valence-corrected chi connectivity index (χ0v) is 14.7. The summed E-state index contributed by atoms with van der Waals surface area (Å²) in [5.41, 5.74) is 1.53. The second-order valence-electron chi connectivity index (χ2n) is 6.30. The quantitative estimate of drug-likeness (QED) is 0.607. The Bertz CT molecular complexity index is 934. The van der Waals surface area contributed by atoms with Crippen molar-refractivity contribution in [1.29, 1.82) is 0 Å². The molecule has 0 spiro atoms. The average molecular weight is 369 g/mol. The highest BCUT2D eigenvalue weighted by molar-refractivity contribution is 6.05. The molecule has 5 heteroatoms. The van der Waals surface area contributed by atoms with Gasteiger partial charge in [-0.05, 0) is 36.2 Å². The molecule has 0 unspecified atom stereocenters. The van der Waals surface area contributed by atoms with E-state index in [1.54, 1.807) is 12.1 Å². The highest BCUT2D eigenvalue weighted by Crippen LogP contribution is 2.27. The molecule has 3 aromatic rings. The van der Waals surface area contributed by atoms with Crippen molar-refractivity contribution in [2.45, 2.75) is 19.5 Å². The number of para-hydroxylation sites is 1. The predicted octanol–water partition coefficient (Wildman–Crippen LogP) is 5.78.